The number of hydrogen-bond donors (Lipinski definition) is 2. The third-order valence-corrected chi connectivity index (χ3v) is 4.69. The molecule has 0 saturated heterocycles. The second-order valence-electron chi connectivity index (χ2n) is 6.70. The van der Waals surface area contributed by atoms with Crippen molar-refractivity contribution >= 4 is 16.8 Å². The van der Waals surface area contributed by atoms with Crippen molar-refractivity contribution in [1.29, 1.82) is 0 Å². The van der Waals surface area contributed by atoms with Crippen molar-refractivity contribution in [3.8, 4) is 0 Å². The number of benzene rings is 2. The predicted octanol–water partition coefficient (Wildman–Crippen LogP) is 2.09. The number of aromatic nitrogens is 2. The first-order valence-electron chi connectivity index (χ1n) is 9.77. The Morgan fingerprint density at radius 2 is 1.90 bits per heavy atom. The van der Waals surface area contributed by atoms with Crippen molar-refractivity contribution in [2.24, 2.45) is 0 Å². The van der Waals surface area contributed by atoms with Crippen LogP contribution in [0.3, 0.4) is 0 Å². The highest BCUT2D eigenvalue weighted by Crippen LogP contribution is 2.09. The van der Waals surface area contributed by atoms with Gasteiger partial charge in [0.1, 0.15) is 0 Å². The maximum absolute atomic E-state index is 12.3. The van der Waals surface area contributed by atoms with E-state index in [1.807, 2.05) is 18.2 Å². The van der Waals surface area contributed by atoms with Crippen molar-refractivity contribution in [3.05, 3.63) is 80.5 Å². The molecule has 1 heterocycles. The van der Waals surface area contributed by atoms with E-state index in [1.54, 1.807) is 19.1 Å². The summed E-state index contributed by atoms with van der Waals surface area (Å²) < 4.78 is 6.73. The predicted molar refractivity (Wildman–Crippen MR) is 112 cm³/mol. The number of rotatable bonds is 9. The normalized spacial score (nSPS) is 10.9. The number of nitrogens with one attached hydrogen (secondary N) is 2. The van der Waals surface area contributed by atoms with Crippen LogP contribution in [0.15, 0.2) is 58.1 Å². The summed E-state index contributed by atoms with van der Waals surface area (Å²) >= 11 is 0. The molecule has 0 bridgehead atoms. The third-order valence-electron chi connectivity index (χ3n) is 4.69. The molecule has 2 N–H and O–H groups in total. The minimum atomic E-state index is -0.477. The Labute approximate surface area is 168 Å². The summed E-state index contributed by atoms with van der Waals surface area (Å²) in [7, 11) is 0. The molecule has 7 heteroatoms. The lowest BCUT2D eigenvalue weighted by atomic mass is 10.1. The maximum atomic E-state index is 12.3. The molecule has 1 amide bonds. The van der Waals surface area contributed by atoms with E-state index in [0.717, 1.165) is 11.0 Å². The molecule has 152 valence electrons. The largest absolute Gasteiger partial charge is 0.381 e. The van der Waals surface area contributed by atoms with Crippen LogP contribution in [0.5, 0.6) is 0 Å². The minimum absolute atomic E-state index is 0.253. The first-order valence-corrected chi connectivity index (χ1v) is 9.77. The topological polar surface area (TPSA) is 93.2 Å². The van der Waals surface area contributed by atoms with Crippen LogP contribution in [0.4, 0.5) is 0 Å². The second-order valence-corrected chi connectivity index (χ2v) is 6.70. The molecule has 29 heavy (non-hydrogen) atoms. The zero-order chi connectivity index (χ0) is 20.6. The van der Waals surface area contributed by atoms with Crippen LogP contribution < -0.4 is 16.6 Å². The van der Waals surface area contributed by atoms with E-state index in [-0.39, 0.29) is 11.5 Å². The monoisotopic (exact) mass is 395 g/mol. The number of carbonyl (C=O) groups is 1. The smallest absolute Gasteiger partial charge is 0.328 e. The molecular formula is C22H25N3O4. The molecule has 2 aromatic carbocycles. The van der Waals surface area contributed by atoms with Gasteiger partial charge in [0.25, 0.3) is 11.5 Å². The van der Waals surface area contributed by atoms with Crippen molar-refractivity contribution < 1.29 is 9.53 Å². The van der Waals surface area contributed by atoms with Gasteiger partial charge in [0.05, 0.1) is 17.5 Å². The van der Waals surface area contributed by atoms with E-state index in [9.17, 15) is 14.4 Å². The summed E-state index contributed by atoms with van der Waals surface area (Å²) in [6.07, 6.45) is 1.56. The van der Waals surface area contributed by atoms with Gasteiger partial charge in [-0.25, -0.2) is 4.79 Å². The number of amides is 1. The Morgan fingerprint density at radius 3 is 2.66 bits per heavy atom. The van der Waals surface area contributed by atoms with Crippen LogP contribution in [0, 0.1) is 0 Å². The minimum Gasteiger partial charge on any atom is -0.381 e. The van der Waals surface area contributed by atoms with Crippen LogP contribution in [0.1, 0.15) is 29.3 Å². The van der Waals surface area contributed by atoms with Gasteiger partial charge in [-0.15, -0.1) is 0 Å². The number of fused-ring (bicyclic) bond motifs is 1. The van der Waals surface area contributed by atoms with Crippen LogP contribution in [0.2, 0.25) is 0 Å². The van der Waals surface area contributed by atoms with Crippen molar-refractivity contribution in [1.82, 2.24) is 14.9 Å². The number of carbonyl (C=O) groups excluding carboxylic acids is 1. The number of H-pyrrole nitrogens is 1. The summed E-state index contributed by atoms with van der Waals surface area (Å²) in [5.74, 6) is -0.253. The summed E-state index contributed by atoms with van der Waals surface area (Å²) in [4.78, 5) is 39.2. The highest BCUT2D eigenvalue weighted by atomic mass is 16.5. The number of aromatic amines is 1. The van der Waals surface area contributed by atoms with Crippen LogP contribution >= 0.6 is 0 Å². The lowest BCUT2D eigenvalue weighted by Crippen LogP contribution is -2.34. The van der Waals surface area contributed by atoms with E-state index in [4.69, 9.17) is 4.74 Å². The molecule has 3 aromatic rings. The first kappa shape index (κ1) is 20.5. The molecule has 0 fully saturated rings. The number of hydrogen-bond acceptors (Lipinski definition) is 4. The van der Waals surface area contributed by atoms with Crippen LogP contribution in [-0.4, -0.2) is 35.2 Å². The number of ether oxygens (including phenoxy) is 1. The fourth-order valence-electron chi connectivity index (χ4n) is 3.10. The Hall–Kier alpha value is -3.19. The average molecular weight is 395 g/mol. The van der Waals surface area contributed by atoms with E-state index >= 15 is 0 Å². The molecule has 0 spiro atoms. The molecule has 3 rings (SSSR count). The van der Waals surface area contributed by atoms with Gasteiger partial charge in [-0.05, 0) is 43.5 Å². The molecule has 0 aliphatic rings. The van der Waals surface area contributed by atoms with Gasteiger partial charge in [0.15, 0.2) is 0 Å². The van der Waals surface area contributed by atoms with E-state index in [0.29, 0.717) is 49.2 Å². The zero-order valence-corrected chi connectivity index (χ0v) is 16.4. The van der Waals surface area contributed by atoms with E-state index in [2.05, 4.69) is 22.4 Å². The van der Waals surface area contributed by atoms with Gasteiger partial charge in [-0.3, -0.25) is 14.2 Å². The molecule has 0 atom stereocenters. The summed E-state index contributed by atoms with van der Waals surface area (Å²) in [5.41, 5.74) is 1.16. The van der Waals surface area contributed by atoms with E-state index in [1.165, 1.54) is 11.6 Å². The standard InChI is InChI=1S/C22H25N3O4/c1-2-25-21(27)18-10-9-17(15-19(18)24-22(25)28)20(26)23-12-6-13-29-14-11-16-7-4-3-5-8-16/h3-5,7-10,15H,2,6,11-14H2,1H3,(H,23,26)(H,24,28). The zero-order valence-electron chi connectivity index (χ0n) is 16.4. The SMILES string of the molecule is CCn1c(=O)[nH]c2cc(C(=O)NCCCOCCc3ccccc3)ccc2c1=O. The summed E-state index contributed by atoms with van der Waals surface area (Å²) in [6.45, 7) is 3.71. The van der Waals surface area contributed by atoms with Crippen molar-refractivity contribution in [3.63, 3.8) is 0 Å². The highest BCUT2D eigenvalue weighted by Gasteiger charge is 2.10. The second kappa shape index (κ2) is 9.84. The summed E-state index contributed by atoms with van der Waals surface area (Å²) in [6, 6.07) is 14.8. The maximum Gasteiger partial charge on any atom is 0.328 e. The van der Waals surface area contributed by atoms with Crippen LogP contribution in [-0.2, 0) is 17.7 Å². The molecule has 0 aliphatic carbocycles. The summed E-state index contributed by atoms with van der Waals surface area (Å²) in [5, 5.41) is 3.21. The quantitative estimate of drug-likeness (QED) is 0.543. The average Bonchev–Trinajstić information content (AvgIpc) is 2.73. The van der Waals surface area contributed by atoms with Gasteiger partial charge in [-0.2, -0.15) is 0 Å². The molecule has 1 aromatic heterocycles. The van der Waals surface area contributed by atoms with Crippen molar-refractivity contribution in [2.45, 2.75) is 26.3 Å². The van der Waals surface area contributed by atoms with Gasteiger partial charge < -0.3 is 15.0 Å². The van der Waals surface area contributed by atoms with E-state index < -0.39 is 5.69 Å². The lowest BCUT2D eigenvalue weighted by molar-refractivity contribution is 0.0942. The Balaban J connectivity index is 1.47. The van der Waals surface area contributed by atoms with Gasteiger partial charge >= 0.3 is 5.69 Å². The Kier molecular flexibility index (Phi) is 6.97. The molecular weight excluding hydrogens is 370 g/mol. The Morgan fingerprint density at radius 1 is 1.10 bits per heavy atom. The van der Waals surface area contributed by atoms with Gasteiger partial charge in [0, 0.05) is 25.3 Å². The van der Waals surface area contributed by atoms with Gasteiger partial charge in [-0.1, -0.05) is 30.3 Å². The highest BCUT2D eigenvalue weighted by molar-refractivity contribution is 5.97. The van der Waals surface area contributed by atoms with Gasteiger partial charge in [0.2, 0.25) is 0 Å². The number of nitrogens with zero attached hydrogens (tertiary/aromatic N) is 1. The Bertz CT molecular complexity index is 1090. The first-order chi connectivity index (χ1) is 14.1. The third kappa shape index (κ3) is 5.20. The lowest BCUT2D eigenvalue weighted by Gasteiger charge is -2.08. The van der Waals surface area contributed by atoms with Crippen LogP contribution in [0.25, 0.3) is 10.9 Å². The molecule has 0 aliphatic heterocycles. The fourth-order valence-corrected chi connectivity index (χ4v) is 3.10. The molecule has 7 nitrogen and oxygen atoms in total. The molecule has 0 unspecified atom stereocenters. The fraction of sp³-hybridized carbons (Fsp3) is 0.318. The molecule has 0 saturated carbocycles. The molecule has 0 radical (unpaired) electrons. The van der Waals surface area contributed by atoms with Crippen molar-refractivity contribution in [2.75, 3.05) is 19.8 Å².